The third-order valence-electron chi connectivity index (χ3n) is 3.57. The van der Waals surface area contributed by atoms with Crippen LogP contribution in [0.15, 0.2) is 36.7 Å². The van der Waals surface area contributed by atoms with Gasteiger partial charge in [0, 0.05) is 6.04 Å². The Hall–Kier alpha value is -2.43. The third-order valence-corrected chi connectivity index (χ3v) is 3.57. The van der Waals surface area contributed by atoms with Crippen LogP contribution in [-0.2, 0) is 12.8 Å². The van der Waals surface area contributed by atoms with Gasteiger partial charge >= 0.3 is 0 Å². The summed E-state index contributed by atoms with van der Waals surface area (Å²) in [5, 5.41) is 3.01. The fraction of sp³-hybridized carbons (Fsp3) is 0.267. The Morgan fingerprint density at radius 1 is 1.25 bits per heavy atom. The molecule has 5 heteroatoms. The Balaban J connectivity index is 1.69. The molecule has 0 saturated heterocycles. The Morgan fingerprint density at radius 2 is 2.05 bits per heavy atom. The normalized spacial score (nSPS) is 17.3. The molecule has 0 spiro atoms. The van der Waals surface area contributed by atoms with Crippen molar-refractivity contribution in [1.29, 1.82) is 0 Å². The van der Waals surface area contributed by atoms with Crippen LogP contribution < -0.4 is 11.1 Å². The highest BCUT2D eigenvalue weighted by Gasteiger charge is 2.20. The zero-order valence-electron chi connectivity index (χ0n) is 11.0. The second kappa shape index (κ2) is 5.28. The van der Waals surface area contributed by atoms with Gasteiger partial charge in [0.2, 0.25) is 0 Å². The molecule has 5 nitrogen and oxygen atoms in total. The first-order valence-electron chi connectivity index (χ1n) is 6.67. The van der Waals surface area contributed by atoms with E-state index in [0.29, 0.717) is 0 Å². The van der Waals surface area contributed by atoms with E-state index in [2.05, 4.69) is 33.5 Å². The maximum Gasteiger partial charge on any atom is 0.271 e. The zero-order chi connectivity index (χ0) is 13.9. The number of rotatable bonds is 2. The van der Waals surface area contributed by atoms with E-state index in [1.54, 1.807) is 0 Å². The average Bonchev–Trinajstić information content (AvgIpc) is 2.47. The summed E-state index contributed by atoms with van der Waals surface area (Å²) >= 11 is 0. The monoisotopic (exact) mass is 268 g/mol. The lowest BCUT2D eigenvalue weighted by Crippen LogP contribution is -2.39. The number of fused-ring (bicyclic) bond motifs is 1. The SMILES string of the molecule is Nc1cncc(C(=O)NC2CCc3ccccc3C2)n1. The second-order valence-electron chi connectivity index (χ2n) is 5.01. The van der Waals surface area contributed by atoms with Gasteiger partial charge in [-0.05, 0) is 30.4 Å². The van der Waals surface area contributed by atoms with Crippen molar-refractivity contribution < 1.29 is 4.79 Å². The van der Waals surface area contributed by atoms with Crippen molar-refractivity contribution in [2.75, 3.05) is 5.73 Å². The molecule has 3 N–H and O–H groups in total. The fourth-order valence-electron chi connectivity index (χ4n) is 2.57. The summed E-state index contributed by atoms with van der Waals surface area (Å²) in [5.74, 6) is 0.0424. The van der Waals surface area contributed by atoms with Crippen LogP contribution in [0.3, 0.4) is 0 Å². The average molecular weight is 268 g/mol. The number of nitrogen functional groups attached to an aromatic ring is 1. The molecule has 1 amide bonds. The molecule has 1 aliphatic rings. The maximum atomic E-state index is 12.1. The summed E-state index contributed by atoms with van der Waals surface area (Å²) in [4.78, 5) is 20.0. The molecule has 1 aliphatic carbocycles. The van der Waals surface area contributed by atoms with Crippen LogP contribution in [-0.4, -0.2) is 21.9 Å². The molecule has 0 bridgehead atoms. The predicted molar refractivity (Wildman–Crippen MR) is 76.2 cm³/mol. The molecule has 1 heterocycles. The molecule has 3 rings (SSSR count). The van der Waals surface area contributed by atoms with Crippen molar-refractivity contribution in [1.82, 2.24) is 15.3 Å². The first-order valence-corrected chi connectivity index (χ1v) is 6.67. The molecule has 1 unspecified atom stereocenters. The topological polar surface area (TPSA) is 80.9 Å². The molecule has 0 saturated carbocycles. The lowest BCUT2D eigenvalue weighted by atomic mass is 9.88. The van der Waals surface area contributed by atoms with Crippen molar-refractivity contribution >= 4 is 11.7 Å². The molecular formula is C15H16N4O. The highest BCUT2D eigenvalue weighted by Crippen LogP contribution is 2.21. The third kappa shape index (κ3) is 2.61. The number of carbonyl (C=O) groups excluding carboxylic acids is 1. The summed E-state index contributed by atoms with van der Waals surface area (Å²) in [7, 11) is 0. The zero-order valence-corrected chi connectivity index (χ0v) is 11.0. The first-order chi connectivity index (χ1) is 9.72. The predicted octanol–water partition coefficient (Wildman–Crippen LogP) is 1.35. The van der Waals surface area contributed by atoms with Gasteiger partial charge in [-0.1, -0.05) is 24.3 Å². The molecule has 1 aromatic heterocycles. The van der Waals surface area contributed by atoms with E-state index in [4.69, 9.17) is 5.73 Å². The molecule has 1 atom stereocenters. The highest BCUT2D eigenvalue weighted by atomic mass is 16.1. The van der Waals surface area contributed by atoms with E-state index in [9.17, 15) is 4.79 Å². The molecule has 0 aliphatic heterocycles. The van der Waals surface area contributed by atoms with Gasteiger partial charge in [0.1, 0.15) is 11.5 Å². The van der Waals surface area contributed by atoms with Crippen LogP contribution in [0.2, 0.25) is 0 Å². The van der Waals surface area contributed by atoms with Gasteiger partial charge in [-0.3, -0.25) is 9.78 Å². The van der Waals surface area contributed by atoms with Gasteiger partial charge in [-0.2, -0.15) is 0 Å². The smallest absolute Gasteiger partial charge is 0.271 e. The number of nitrogens with zero attached hydrogens (tertiary/aromatic N) is 2. The second-order valence-corrected chi connectivity index (χ2v) is 5.01. The van der Waals surface area contributed by atoms with E-state index in [1.807, 2.05) is 6.07 Å². The van der Waals surface area contributed by atoms with Crippen molar-refractivity contribution in [3.05, 3.63) is 53.5 Å². The lowest BCUT2D eigenvalue weighted by Gasteiger charge is -2.25. The fourth-order valence-corrected chi connectivity index (χ4v) is 2.57. The van der Waals surface area contributed by atoms with Crippen molar-refractivity contribution in [3.63, 3.8) is 0 Å². The number of nitrogens with one attached hydrogen (secondary N) is 1. The van der Waals surface area contributed by atoms with Gasteiger partial charge in [-0.25, -0.2) is 4.98 Å². The van der Waals surface area contributed by atoms with Crippen LogP contribution in [0, 0.1) is 0 Å². The van der Waals surface area contributed by atoms with Crippen LogP contribution >= 0.6 is 0 Å². The van der Waals surface area contributed by atoms with E-state index in [1.165, 1.54) is 23.5 Å². The minimum atomic E-state index is -0.214. The number of amides is 1. The first kappa shape index (κ1) is 12.6. The van der Waals surface area contributed by atoms with Crippen molar-refractivity contribution in [2.24, 2.45) is 0 Å². The Bertz CT molecular complexity index is 641. The molecule has 20 heavy (non-hydrogen) atoms. The largest absolute Gasteiger partial charge is 0.382 e. The number of carbonyl (C=O) groups is 1. The maximum absolute atomic E-state index is 12.1. The van der Waals surface area contributed by atoms with Gasteiger partial charge in [-0.15, -0.1) is 0 Å². The minimum Gasteiger partial charge on any atom is -0.382 e. The molecule has 0 fully saturated rings. The van der Waals surface area contributed by atoms with E-state index < -0.39 is 0 Å². The summed E-state index contributed by atoms with van der Waals surface area (Å²) in [6.45, 7) is 0. The van der Waals surface area contributed by atoms with Crippen LogP contribution in [0.4, 0.5) is 5.82 Å². The Labute approximate surface area is 117 Å². The van der Waals surface area contributed by atoms with E-state index in [0.717, 1.165) is 19.3 Å². The number of aryl methyl sites for hydroxylation is 1. The molecule has 2 aromatic rings. The number of hydrogen-bond donors (Lipinski definition) is 2. The molecule has 102 valence electrons. The highest BCUT2D eigenvalue weighted by molar-refractivity contribution is 5.92. The van der Waals surface area contributed by atoms with Gasteiger partial charge in [0.05, 0.1) is 12.4 Å². The van der Waals surface area contributed by atoms with Gasteiger partial charge in [0.15, 0.2) is 0 Å². The summed E-state index contributed by atoms with van der Waals surface area (Å²) in [6, 6.07) is 8.50. The quantitative estimate of drug-likeness (QED) is 0.861. The minimum absolute atomic E-state index is 0.139. The van der Waals surface area contributed by atoms with E-state index >= 15 is 0 Å². The standard InChI is InChI=1S/C15H16N4O/c16-14-9-17-8-13(19-14)15(20)18-12-6-5-10-3-1-2-4-11(10)7-12/h1-4,8-9,12H,5-7H2,(H2,16,19)(H,18,20). The van der Waals surface area contributed by atoms with Crippen molar-refractivity contribution in [2.45, 2.75) is 25.3 Å². The number of benzene rings is 1. The van der Waals surface area contributed by atoms with Gasteiger partial charge in [0.25, 0.3) is 5.91 Å². The molecule has 1 aromatic carbocycles. The van der Waals surface area contributed by atoms with Crippen LogP contribution in [0.5, 0.6) is 0 Å². The summed E-state index contributed by atoms with van der Waals surface area (Å²) < 4.78 is 0. The number of aromatic nitrogens is 2. The number of nitrogens with two attached hydrogens (primary N) is 1. The van der Waals surface area contributed by atoms with Crippen LogP contribution in [0.1, 0.15) is 28.0 Å². The van der Waals surface area contributed by atoms with Crippen molar-refractivity contribution in [3.8, 4) is 0 Å². The van der Waals surface area contributed by atoms with E-state index in [-0.39, 0.29) is 23.5 Å². The summed E-state index contributed by atoms with van der Waals surface area (Å²) in [6.07, 6.45) is 5.65. The number of hydrogen-bond acceptors (Lipinski definition) is 4. The summed E-state index contributed by atoms with van der Waals surface area (Å²) in [5.41, 5.74) is 8.49. The molecular weight excluding hydrogens is 252 g/mol. The lowest BCUT2D eigenvalue weighted by molar-refractivity contribution is 0.0928. The van der Waals surface area contributed by atoms with Crippen LogP contribution in [0.25, 0.3) is 0 Å². The number of anilines is 1. The Kier molecular flexibility index (Phi) is 3.33. The van der Waals surface area contributed by atoms with Gasteiger partial charge < -0.3 is 11.1 Å². The Morgan fingerprint density at radius 3 is 2.85 bits per heavy atom. The molecule has 0 radical (unpaired) electrons.